The minimum atomic E-state index is -0.344. The Bertz CT molecular complexity index is 1170. The van der Waals surface area contributed by atoms with E-state index in [1.807, 2.05) is 18.2 Å². The molecule has 1 aliphatic carbocycles. The van der Waals surface area contributed by atoms with E-state index in [1.165, 1.54) is 17.8 Å². The van der Waals surface area contributed by atoms with Crippen LogP contribution in [0.4, 0.5) is 16.1 Å². The standard InChI is InChI=1S/C24H27N7O3S/c32-21(13-17-6-2-7-18(12-17)22(33)34-15-16-4-1-5-16)27-24-30-29-23(35-24)26-19-9-11-31(14-19)20-8-3-10-25-28-20/h2-3,6-8,10,12,16,19H,1,4-5,9,11,13-15H2,(H,26,29)(H,27,30,32)/t19-/m1/s1. The monoisotopic (exact) mass is 493 g/mol. The molecule has 2 N–H and O–H groups in total. The number of esters is 1. The third-order valence-electron chi connectivity index (χ3n) is 6.27. The molecule has 1 atom stereocenters. The lowest BCUT2D eigenvalue weighted by Gasteiger charge is -2.24. The van der Waals surface area contributed by atoms with Crippen LogP contribution in [0.1, 0.15) is 41.6 Å². The van der Waals surface area contributed by atoms with E-state index in [9.17, 15) is 9.59 Å². The molecule has 1 saturated carbocycles. The molecule has 1 aliphatic heterocycles. The summed E-state index contributed by atoms with van der Waals surface area (Å²) in [4.78, 5) is 27.0. The molecule has 0 spiro atoms. The summed E-state index contributed by atoms with van der Waals surface area (Å²) in [5.74, 6) is 0.786. The number of amides is 1. The van der Waals surface area contributed by atoms with E-state index in [0.29, 0.717) is 28.4 Å². The molecule has 2 aromatic heterocycles. The van der Waals surface area contributed by atoms with Gasteiger partial charge in [0.2, 0.25) is 16.2 Å². The van der Waals surface area contributed by atoms with Gasteiger partial charge in [-0.15, -0.1) is 15.3 Å². The van der Waals surface area contributed by atoms with Crippen LogP contribution in [-0.2, 0) is 16.0 Å². The van der Waals surface area contributed by atoms with Crippen LogP contribution < -0.4 is 15.5 Å². The molecule has 2 aliphatic rings. The van der Waals surface area contributed by atoms with Crippen LogP contribution in [0.25, 0.3) is 0 Å². The normalized spacial score (nSPS) is 17.6. The zero-order valence-electron chi connectivity index (χ0n) is 19.2. The Balaban J connectivity index is 1.10. The highest BCUT2D eigenvalue weighted by atomic mass is 32.1. The number of hydrogen-bond acceptors (Lipinski definition) is 10. The SMILES string of the molecule is O=C(Cc1cccc(C(=O)OCC2CCC2)c1)Nc1nnc(N[C@@H]2CCN(c3cccnn3)C2)s1. The van der Waals surface area contributed by atoms with Crippen LogP contribution in [0.3, 0.4) is 0 Å². The molecular weight excluding hydrogens is 466 g/mol. The molecular formula is C24H27N7O3S. The Hall–Kier alpha value is -3.60. The van der Waals surface area contributed by atoms with Crippen LogP contribution in [0.5, 0.6) is 0 Å². The molecule has 35 heavy (non-hydrogen) atoms. The van der Waals surface area contributed by atoms with Gasteiger partial charge in [0.1, 0.15) is 0 Å². The molecule has 0 bridgehead atoms. The third-order valence-corrected chi connectivity index (χ3v) is 7.04. The fourth-order valence-corrected chi connectivity index (χ4v) is 4.89. The van der Waals surface area contributed by atoms with Crippen molar-refractivity contribution < 1.29 is 14.3 Å². The van der Waals surface area contributed by atoms with E-state index in [4.69, 9.17) is 4.74 Å². The van der Waals surface area contributed by atoms with Crippen LogP contribution in [0.2, 0.25) is 0 Å². The number of carbonyl (C=O) groups is 2. The van der Waals surface area contributed by atoms with Crippen molar-refractivity contribution in [3.05, 3.63) is 53.7 Å². The van der Waals surface area contributed by atoms with Crippen LogP contribution >= 0.6 is 11.3 Å². The molecule has 11 heteroatoms. The molecule has 1 amide bonds. The van der Waals surface area contributed by atoms with Crippen molar-refractivity contribution in [3.8, 4) is 0 Å². The molecule has 0 unspecified atom stereocenters. The largest absolute Gasteiger partial charge is 0.462 e. The summed E-state index contributed by atoms with van der Waals surface area (Å²) in [7, 11) is 0. The number of nitrogens with zero attached hydrogens (tertiary/aromatic N) is 5. The predicted octanol–water partition coefficient (Wildman–Crippen LogP) is 3.16. The predicted molar refractivity (Wildman–Crippen MR) is 133 cm³/mol. The van der Waals surface area contributed by atoms with Gasteiger partial charge in [-0.2, -0.15) is 5.10 Å². The van der Waals surface area contributed by atoms with Crippen LogP contribution in [-0.4, -0.2) is 58.0 Å². The van der Waals surface area contributed by atoms with Crippen molar-refractivity contribution in [2.24, 2.45) is 5.92 Å². The third kappa shape index (κ3) is 6.10. The van der Waals surface area contributed by atoms with E-state index in [2.05, 4.69) is 35.9 Å². The summed E-state index contributed by atoms with van der Waals surface area (Å²) in [6.07, 6.45) is 6.19. The van der Waals surface area contributed by atoms with E-state index in [0.717, 1.165) is 43.7 Å². The maximum Gasteiger partial charge on any atom is 0.338 e. The molecule has 182 valence electrons. The molecule has 1 aromatic carbocycles. The summed E-state index contributed by atoms with van der Waals surface area (Å²) in [5.41, 5.74) is 1.20. The first-order valence-electron chi connectivity index (χ1n) is 11.8. The number of benzene rings is 1. The Morgan fingerprint density at radius 1 is 1.09 bits per heavy atom. The Morgan fingerprint density at radius 2 is 1.97 bits per heavy atom. The van der Waals surface area contributed by atoms with Gasteiger partial charge in [-0.25, -0.2) is 4.79 Å². The summed E-state index contributed by atoms with van der Waals surface area (Å²) in [6.45, 7) is 2.14. The first-order valence-corrected chi connectivity index (χ1v) is 12.6. The topological polar surface area (TPSA) is 122 Å². The van der Waals surface area contributed by atoms with E-state index in [1.54, 1.807) is 24.4 Å². The maximum atomic E-state index is 12.5. The molecule has 3 heterocycles. The number of anilines is 3. The number of rotatable bonds is 9. The lowest BCUT2D eigenvalue weighted by Crippen LogP contribution is -2.26. The second-order valence-corrected chi connectivity index (χ2v) is 9.87. The van der Waals surface area contributed by atoms with Crippen molar-refractivity contribution in [1.82, 2.24) is 20.4 Å². The fraction of sp³-hybridized carbons (Fsp3) is 0.417. The van der Waals surface area contributed by atoms with E-state index >= 15 is 0 Å². The van der Waals surface area contributed by atoms with Gasteiger partial charge < -0.3 is 20.3 Å². The van der Waals surface area contributed by atoms with Gasteiger partial charge in [0, 0.05) is 25.3 Å². The zero-order chi connectivity index (χ0) is 24.0. The van der Waals surface area contributed by atoms with Crippen molar-refractivity contribution in [3.63, 3.8) is 0 Å². The highest BCUT2D eigenvalue weighted by Crippen LogP contribution is 2.27. The number of nitrogens with one attached hydrogen (secondary N) is 2. The number of hydrogen-bond donors (Lipinski definition) is 2. The number of aromatic nitrogens is 4. The zero-order valence-corrected chi connectivity index (χ0v) is 20.0. The van der Waals surface area contributed by atoms with Gasteiger partial charge in [0.15, 0.2) is 5.82 Å². The molecule has 2 fully saturated rings. The Morgan fingerprint density at radius 3 is 2.77 bits per heavy atom. The average molecular weight is 494 g/mol. The highest BCUT2D eigenvalue weighted by molar-refractivity contribution is 7.19. The van der Waals surface area contributed by atoms with Gasteiger partial charge >= 0.3 is 5.97 Å². The van der Waals surface area contributed by atoms with Crippen LogP contribution in [0, 0.1) is 5.92 Å². The summed E-state index contributed by atoms with van der Waals surface area (Å²) < 4.78 is 5.40. The van der Waals surface area contributed by atoms with Crippen molar-refractivity contribution in [2.45, 2.75) is 38.1 Å². The van der Waals surface area contributed by atoms with Crippen molar-refractivity contribution in [2.75, 3.05) is 35.2 Å². The maximum absolute atomic E-state index is 12.5. The molecule has 0 radical (unpaired) electrons. The summed E-state index contributed by atoms with van der Waals surface area (Å²) in [6, 6.07) is 11.0. The summed E-state index contributed by atoms with van der Waals surface area (Å²) >= 11 is 1.29. The average Bonchev–Trinajstić information content (AvgIpc) is 3.48. The van der Waals surface area contributed by atoms with Gasteiger partial charge in [0.25, 0.3) is 0 Å². The van der Waals surface area contributed by atoms with Crippen molar-refractivity contribution in [1.29, 1.82) is 0 Å². The number of ether oxygens (including phenoxy) is 1. The van der Waals surface area contributed by atoms with Gasteiger partial charge in [-0.3, -0.25) is 4.79 Å². The second kappa shape index (κ2) is 10.8. The van der Waals surface area contributed by atoms with Gasteiger partial charge in [-0.1, -0.05) is 29.9 Å². The van der Waals surface area contributed by atoms with E-state index in [-0.39, 0.29) is 24.3 Å². The Labute approximate surface area is 207 Å². The van der Waals surface area contributed by atoms with Crippen molar-refractivity contribution >= 4 is 39.3 Å². The van der Waals surface area contributed by atoms with Gasteiger partial charge in [0.05, 0.1) is 18.6 Å². The Kier molecular flexibility index (Phi) is 7.12. The lowest BCUT2D eigenvalue weighted by atomic mass is 9.86. The quantitative estimate of drug-likeness (QED) is 0.433. The smallest absolute Gasteiger partial charge is 0.338 e. The summed E-state index contributed by atoms with van der Waals surface area (Å²) in [5, 5.41) is 23.6. The minimum Gasteiger partial charge on any atom is -0.462 e. The molecule has 5 rings (SSSR count). The van der Waals surface area contributed by atoms with Gasteiger partial charge in [-0.05, 0) is 55.0 Å². The van der Waals surface area contributed by atoms with Crippen LogP contribution in [0.15, 0.2) is 42.6 Å². The molecule has 3 aromatic rings. The van der Waals surface area contributed by atoms with E-state index < -0.39 is 0 Å². The fourth-order valence-electron chi connectivity index (χ4n) is 4.15. The number of carbonyl (C=O) groups excluding carboxylic acids is 2. The molecule has 10 nitrogen and oxygen atoms in total. The minimum absolute atomic E-state index is 0.127. The highest BCUT2D eigenvalue weighted by Gasteiger charge is 2.25. The first-order chi connectivity index (χ1) is 17.1. The first kappa shape index (κ1) is 23.2. The molecule has 1 saturated heterocycles. The second-order valence-electron chi connectivity index (χ2n) is 8.89. The lowest BCUT2D eigenvalue weighted by molar-refractivity contribution is -0.115.